The second-order valence-corrected chi connectivity index (χ2v) is 9.55. The number of halogens is 2. The van der Waals surface area contributed by atoms with E-state index in [1.807, 2.05) is 19.1 Å². The van der Waals surface area contributed by atoms with Gasteiger partial charge in [0.25, 0.3) is 0 Å². The number of hydrogen-bond acceptors (Lipinski definition) is 6. The predicted molar refractivity (Wildman–Crippen MR) is 137 cm³/mol. The van der Waals surface area contributed by atoms with E-state index in [-0.39, 0.29) is 36.4 Å². The summed E-state index contributed by atoms with van der Waals surface area (Å²) in [7, 11) is 0. The Bertz CT molecular complexity index is 1390. The van der Waals surface area contributed by atoms with Crippen LogP contribution in [0, 0.1) is 25.5 Å². The molecule has 2 saturated heterocycles. The normalized spacial score (nSPS) is 19.4. The summed E-state index contributed by atoms with van der Waals surface area (Å²) >= 11 is 0. The first-order valence-electron chi connectivity index (χ1n) is 12.4. The highest BCUT2D eigenvalue weighted by atomic mass is 19.2. The van der Waals surface area contributed by atoms with Crippen LogP contribution in [0.15, 0.2) is 40.9 Å². The molecule has 11 heteroatoms. The van der Waals surface area contributed by atoms with Crippen LogP contribution < -0.4 is 20.9 Å². The molecule has 3 aromatic rings. The van der Waals surface area contributed by atoms with Gasteiger partial charge >= 0.3 is 0 Å². The number of aryl methyl sites for hydroxylation is 2. The molecule has 5 rings (SSSR count). The summed E-state index contributed by atoms with van der Waals surface area (Å²) in [5.41, 5.74) is 3.50. The zero-order valence-corrected chi connectivity index (χ0v) is 20.9. The SMILES string of the molecule is Cc1noc(C)c1-c1ccc(NC2CCC(=O)NC2)c(NC(=O)[C@@H]2CCC(=O)N2c2ccc(F)c(F)c2)c1. The summed E-state index contributed by atoms with van der Waals surface area (Å²) in [6, 6.07) is 7.71. The van der Waals surface area contributed by atoms with Crippen molar-refractivity contribution in [3.05, 3.63) is 59.5 Å². The predicted octanol–water partition coefficient (Wildman–Crippen LogP) is 4.06. The fourth-order valence-corrected chi connectivity index (χ4v) is 5.01. The molecule has 0 spiro atoms. The van der Waals surface area contributed by atoms with Crippen molar-refractivity contribution in [2.75, 3.05) is 22.1 Å². The van der Waals surface area contributed by atoms with E-state index in [2.05, 4.69) is 21.1 Å². The molecule has 1 aromatic heterocycles. The molecule has 1 unspecified atom stereocenters. The van der Waals surface area contributed by atoms with Gasteiger partial charge in [-0.05, 0) is 56.5 Å². The van der Waals surface area contributed by atoms with E-state index in [1.165, 1.54) is 11.0 Å². The summed E-state index contributed by atoms with van der Waals surface area (Å²) in [5, 5.41) is 13.2. The molecular formula is C27H27F2N5O4. The molecular weight excluding hydrogens is 496 g/mol. The standard InChI is InChI=1S/C27H27F2N5O4/c1-14-26(15(2)38-33-14)16-3-7-21(31-17-4-9-24(35)30-13-17)22(11-16)32-27(37)23-8-10-25(36)34(23)18-5-6-19(28)20(29)12-18/h3,5-7,11-12,17,23,31H,4,8-10,13H2,1-2H3,(H,30,35)(H,32,37)/t17?,23-/m0/s1. The molecule has 9 nitrogen and oxygen atoms in total. The molecule has 3 heterocycles. The van der Waals surface area contributed by atoms with Gasteiger partial charge in [-0.25, -0.2) is 8.78 Å². The Morgan fingerprint density at radius 2 is 1.87 bits per heavy atom. The van der Waals surface area contributed by atoms with Crippen molar-refractivity contribution in [2.24, 2.45) is 0 Å². The van der Waals surface area contributed by atoms with Crippen LogP contribution in [-0.4, -0.2) is 41.5 Å². The number of aromatic nitrogens is 1. The molecule has 3 amide bonds. The number of hydrogen-bond donors (Lipinski definition) is 3. The van der Waals surface area contributed by atoms with Crippen molar-refractivity contribution in [1.29, 1.82) is 0 Å². The molecule has 2 fully saturated rings. The van der Waals surface area contributed by atoms with E-state index in [4.69, 9.17) is 4.52 Å². The number of benzene rings is 2. The summed E-state index contributed by atoms with van der Waals surface area (Å²) in [6.45, 7) is 4.07. The topological polar surface area (TPSA) is 117 Å². The molecule has 38 heavy (non-hydrogen) atoms. The number of amides is 3. The van der Waals surface area contributed by atoms with Crippen LogP contribution >= 0.6 is 0 Å². The lowest BCUT2D eigenvalue weighted by Gasteiger charge is -2.27. The van der Waals surface area contributed by atoms with Crippen LogP contribution in [0.5, 0.6) is 0 Å². The van der Waals surface area contributed by atoms with E-state index in [0.717, 1.165) is 23.3 Å². The maximum absolute atomic E-state index is 13.9. The van der Waals surface area contributed by atoms with E-state index in [9.17, 15) is 23.2 Å². The molecule has 2 aliphatic rings. The molecule has 0 radical (unpaired) electrons. The van der Waals surface area contributed by atoms with Crippen molar-refractivity contribution in [1.82, 2.24) is 10.5 Å². The van der Waals surface area contributed by atoms with Gasteiger partial charge in [0.05, 0.1) is 17.1 Å². The van der Waals surface area contributed by atoms with Gasteiger partial charge in [0.15, 0.2) is 11.6 Å². The quantitative estimate of drug-likeness (QED) is 0.449. The van der Waals surface area contributed by atoms with Crippen molar-refractivity contribution < 1.29 is 27.7 Å². The first-order chi connectivity index (χ1) is 18.2. The average molecular weight is 524 g/mol. The lowest BCUT2D eigenvalue weighted by atomic mass is 10.0. The Morgan fingerprint density at radius 3 is 2.55 bits per heavy atom. The maximum Gasteiger partial charge on any atom is 0.247 e. The summed E-state index contributed by atoms with van der Waals surface area (Å²) in [6.07, 6.45) is 1.35. The first kappa shape index (κ1) is 25.4. The molecule has 0 bridgehead atoms. The second-order valence-electron chi connectivity index (χ2n) is 9.55. The van der Waals surface area contributed by atoms with Crippen LogP contribution in [0.1, 0.15) is 37.1 Å². The molecule has 0 saturated carbocycles. The van der Waals surface area contributed by atoms with Gasteiger partial charge < -0.3 is 20.5 Å². The zero-order valence-electron chi connectivity index (χ0n) is 20.9. The van der Waals surface area contributed by atoms with Crippen LogP contribution in [0.2, 0.25) is 0 Å². The molecule has 2 atom stereocenters. The highest BCUT2D eigenvalue weighted by molar-refractivity contribution is 6.08. The van der Waals surface area contributed by atoms with E-state index < -0.39 is 23.6 Å². The Morgan fingerprint density at radius 1 is 1.05 bits per heavy atom. The number of piperidine rings is 1. The van der Waals surface area contributed by atoms with Crippen LogP contribution in [-0.2, 0) is 14.4 Å². The third-order valence-electron chi connectivity index (χ3n) is 6.92. The van der Waals surface area contributed by atoms with E-state index in [1.54, 1.807) is 13.0 Å². The monoisotopic (exact) mass is 523 g/mol. The highest BCUT2D eigenvalue weighted by Gasteiger charge is 2.38. The minimum Gasteiger partial charge on any atom is -0.379 e. The van der Waals surface area contributed by atoms with Gasteiger partial charge in [-0.3, -0.25) is 19.3 Å². The Kier molecular flexibility index (Phi) is 6.83. The van der Waals surface area contributed by atoms with Crippen molar-refractivity contribution in [2.45, 2.75) is 51.6 Å². The minimum absolute atomic E-state index is 0.00597. The van der Waals surface area contributed by atoms with Gasteiger partial charge in [0, 0.05) is 42.7 Å². The largest absolute Gasteiger partial charge is 0.379 e. The van der Waals surface area contributed by atoms with E-state index in [0.29, 0.717) is 42.2 Å². The first-order valence-corrected chi connectivity index (χ1v) is 12.4. The smallest absolute Gasteiger partial charge is 0.247 e. The van der Waals surface area contributed by atoms with E-state index >= 15 is 0 Å². The van der Waals surface area contributed by atoms with Gasteiger partial charge in [-0.2, -0.15) is 0 Å². The molecule has 2 aliphatic heterocycles. The molecule has 0 aliphatic carbocycles. The third-order valence-corrected chi connectivity index (χ3v) is 6.92. The summed E-state index contributed by atoms with van der Waals surface area (Å²) in [5.74, 6) is -2.32. The lowest BCUT2D eigenvalue weighted by Crippen LogP contribution is -2.43. The summed E-state index contributed by atoms with van der Waals surface area (Å²) < 4.78 is 32.7. The second kappa shape index (κ2) is 10.2. The zero-order chi connectivity index (χ0) is 27.0. The Labute approximate surface area is 217 Å². The number of anilines is 3. The number of rotatable bonds is 6. The van der Waals surface area contributed by atoms with Gasteiger partial charge in [-0.1, -0.05) is 11.2 Å². The maximum atomic E-state index is 13.9. The molecule has 2 aromatic carbocycles. The number of carbonyl (C=O) groups excluding carboxylic acids is 3. The Balaban J connectivity index is 1.45. The fourth-order valence-electron chi connectivity index (χ4n) is 5.01. The summed E-state index contributed by atoms with van der Waals surface area (Å²) in [4.78, 5) is 39.0. The van der Waals surface area contributed by atoms with Crippen LogP contribution in [0.4, 0.5) is 25.8 Å². The van der Waals surface area contributed by atoms with Gasteiger partial charge in [0.1, 0.15) is 11.8 Å². The van der Waals surface area contributed by atoms with Crippen molar-refractivity contribution in [3.63, 3.8) is 0 Å². The molecule has 3 N–H and O–H groups in total. The van der Waals surface area contributed by atoms with Crippen molar-refractivity contribution >= 4 is 34.8 Å². The third kappa shape index (κ3) is 4.96. The average Bonchev–Trinajstić information content (AvgIpc) is 3.44. The number of carbonyl (C=O) groups is 3. The lowest BCUT2D eigenvalue weighted by molar-refractivity contribution is -0.122. The van der Waals surface area contributed by atoms with Gasteiger partial charge in [-0.15, -0.1) is 0 Å². The highest BCUT2D eigenvalue weighted by Crippen LogP contribution is 2.35. The fraction of sp³-hybridized carbons (Fsp3) is 0.333. The number of nitrogens with one attached hydrogen (secondary N) is 3. The molecule has 198 valence electrons. The minimum atomic E-state index is -1.10. The van der Waals surface area contributed by atoms with Gasteiger partial charge in [0.2, 0.25) is 17.7 Å². The Hall–Kier alpha value is -4.28. The van der Waals surface area contributed by atoms with Crippen LogP contribution in [0.25, 0.3) is 11.1 Å². The van der Waals surface area contributed by atoms with Crippen molar-refractivity contribution in [3.8, 4) is 11.1 Å². The van der Waals surface area contributed by atoms with Crippen LogP contribution in [0.3, 0.4) is 0 Å². The number of nitrogens with zero attached hydrogens (tertiary/aromatic N) is 2.